The predicted octanol–water partition coefficient (Wildman–Crippen LogP) is 13.9. The van der Waals surface area contributed by atoms with Crippen LogP contribution >= 0.6 is 0 Å². The van der Waals surface area contributed by atoms with Gasteiger partial charge in [-0.05, 0) is 126 Å². The molecule has 1 nitrogen and oxygen atoms in total. The van der Waals surface area contributed by atoms with Crippen molar-refractivity contribution in [2.45, 2.75) is 11.8 Å². The normalized spacial score (nSPS) is 13.2. The SMILES string of the molecule is c1ccc(-c2ccc3cccc(-c4ccc(N(c5ccccc5)c5ccc6c(c5)C5(c7ccccc7Cc7ccccc75)c5ccccc5-6)cc4)c3c2)cc1. The van der Waals surface area contributed by atoms with E-state index in [0.717, 1.165) is 23.5 Å². The zero-order chi connectivity index (χ0) is 36.3. The van der Waals surface area contributed by atoms with Crippen LogP contribution in [-0.4, -0.2) is 0 Å². The van der Waals surface area contributed by atoms with E-state index < -0.39 is 5.41 Å². The van der Waals surface area contributed by atoms with Crippen molar-refractivity contribution in [3.8, 4) is 33.4 Å². The molecule has 0 bridgehead atoms. The molecule has 0 N–H and O–H groups in total. The van der Waals surface area contributed by atoms with Gasteiger partial charge in [0.15, 0.2) is 0 Å². The predicted molar refractivity (Wildman–Crippen MR) is 230 cm³/mol. The van der Waals surface area contributed by atoms with Gasteiger partial charge in [-0.15, -0.1) is 0 Å². The largest absolute Gasteiger partial charge is 0.310 e. The molecular formula is C54H37N. The van der Waals surface area contributed by atoms with E-state index in [4.69, 9.17) is 0 Å². The number of nitrogens with zero attached hydrogens (tertiary/aromatic N) is 1. The highest BCUT2D eigenvalue weighted by Crippen LogP contribution is 2.60. The van der Waals surface area contributed by atoms with Crippen molar-refractivity contribution in [2.75, 3.05) is 4.90 Å². The molecule has 1 spiro atoms. The third-order valence-corrected chi connectivity index (χ3v) is 12.0. The summed E-state index contributed by atoms with van der Waals surface area (Å²) in [6.45, 7) is 0. The second-order valence-corrected chi connectivity index (χ2v) is 14.8. The molecule has 0 fully saturated rings. The quantitative estimate of drug-likeness (QED) is 0.173. The van der Waals surface area contributed by atoms with Crippen LogP contribution < -0.4 is 4.90 Å². The molecule has 0 saturated heterocycles. The van der Waals surface area contributed by atoms with Crippen molar-refractivity contribution < 1.29 is 0 Å². The van der Waals surface area contributed by atoms with Crippen molar-refractivity contribution in [2.24, 2.45) is 0 Å². The van der Waals surface area contributed by atoms with Crippen LogP contribution in [0.4, 0.5) is 17.1 Å². The Morgan fingerprint density at radius 2 is 0.891 bits per heavy atom. The Kier molecular flexibility index (Phi) is 7.22. The highest BCUT2D eigenvalue weighted by atomic mass is 15.1. The molecule has 9 aromatic rings. The van der Waals surface area contributed by atoms with Gasteiger partial charge in [0.2, 0.25) is 0 Å². The molecule has 0 aliphatic heterocycles. The molecule has 2 aliphatic carbocycles. The van der Waals surface area contributed by atoms with Gasteiger partial charge < -0.3 is 4.90 Å². The molecular weight excluding hydrogens is 663 g/mol. The average molecular weight is 700 g/mol. The monoisotopic (exact) mass is 699 g/mol. The van der Waals surface area contributed by atoms with Crippen molar-refractivity contribution in [3.05, 3.63) is 246 Å². The standard InChI is InChI=1S/C54H37N/c1-3-14-37(15-4-1)40-27-26-38-18-13-22-46(49(38)35-40)39-28-30-44(31-29-39)55(43-19-5-2-6-20-43)45-32-33-48-47-21-9-12-25-52(47)54(53(48)36-45)50-23-10-7-16-41(50)34-42-17-8-11-24-51(42)54/h1-33,35-36H,34H2. The lowest BCUT2D eigenvalue weighted by molar-refractivity contribution is 0.722. The second kappa shape index (κ2) is 12.6. The van der Waals surface area contributed by atoms with Crippen LogP contribution in [0.15, 0.2) is 212 Å². The molecule has 11 rings (SSSR count). The lowest BCUT2D eigenvalue weighted by atomic mass is 9.61. The lowest BCUT2D eigenvalue weighted by Crippen LogP contribution is -2.34. The Morgan fingerprint density at radius 3 is 1.64 bits per heavy atom. The third-order valence-electron chi connectivity index (χ3n) is 12.0. The number of para-hydroxylation sites is 1. The Labute approximate surface area is 322 Å². The van der Waals surface area contributed by atoms with Gasteiger partial charge in [0.25, 0.3) is 0 Å². The van der Waals surface area contributed by atoms with Crippen LogP contribution in [0, 0.1) is 0 Å². The Bertz CT molecular complexity index is 2840. The summed E-state index contributed by atoms with van der Waals surface area (Å²) >= 11 is 0. The summed E-state index contributed by atoms with van der Waals surface area (Å²) in [7, 11) is 0. The minimum Gasteiger partial charge on any atom is -0.310 e. The zero-order valence-corrected chi connectivity index (χ0v) is 30.4. The lowest BCUT2D eigenvalue weighted by Gasteiger charge is -2.40. The van der Waals surface area contributed by atoms with E-state index in [-0.39, 0.29) is 0 Å². The summed E-state index contributed by atoms with van der Waals surface area (Å²) < 4.78 is 0. The van der Waals surface area contributed by atoms with E-state index in [2.05, 4.69) is 217 Å². The van der Waals surface area contributed by atoms with Gasteiger partial charge in [0.05, 0.1) is 5.41 Å². The Morgan fingerprint density at radius 1 is 0.327 bits per heavy atom. The second-order valence-electron chi connectivity index (χ2n) is 14.8. The van der Waals surface area contributed by atoms with Crippen LogP contribution in [-0.2, 0) is 11.8 Å². The number of hydrogen-bond acceptors (Lipinski definition) is 1. The maximum absolute atomic E-state index is 2.48. The number of benzene rings is 9. The van der Waals surface area contributed by atoms with Gasteiger partial charge in [-0.2, -0.15) is 0 Å². The van der Waals surface area contributed by atoms with Crippen molar-refractivity contribution in [1.82, 2.24) is 0 Å². The molecule has 1 heteroatoms. The van der Waals surface area contributed by atoms with Crippen LogP contribution in [0.5, 0.6) is 0 Å². The average Bonchev–Trinajstić information content (AvgIpc) is 3.54. The summed E-state index contributed by atoms with van der Waals surface area (Å²) in [5, 5.41) is 2.50. The van der Waals surface area contributed by atoms with Crippen molar-refractivity contribution in [1.29, 1.82) is 0 Å². The third kappa shape index (κ3) is 4.87. The molecule has 0 radical (unpaired) electrons. The van der Waals surface area contributed by atoms with Gasteiger partial charge in [0.1, 0.15) is 0 Å². The summed E-state index contributed by atoms with van der Waals surface area (Å²) in [4.78, 5) is 2.41. The van der Waals surface area contributed by atoms with Gasteiger partial charge in [-0.25, -0.2) is 0 Å². The highest BCUT2D eigenvalue weighted by Gasteiger charge is 2.49. The first kappa shape index (κ1) is 31.6. The zero-order valence-electron chi connectivity index (χ0n) is 30.4. The molecule has 9 aromatic carbocycles. The van der Waals surface area contributed by atoms with E-state index in [1.54, 1.807) is 0 Å². The van der Waals surface area contributed by atoms with E-state index >= 15 is 0 Å². The van der Waals surface area contributed by atoms with Gasteiger partial charge >= 0.3 is 0 Å². The van der Waals surface area contributed by atoms with Gasteiger partial charge in [-0.1, -0.05) is 170 Å². The fourth-order valence-electron chi connectivity index (χ4n) is 9.57. The van der Waals surface area contributed by atoms with Crippen molar-refractivity contribution >= 4 is 27.8 Å². The molecule has 0 unspecified atom stereocenters. The van der Waals surface area contributed by atoms with E-state index in [1.807, 2.05) is 0 Å². The Hall–Kier alpha value is -6.96. The van der Waals surface area contributed by atoms with Crippen molar-refractivity contribution in [3.63, 3.8) is 0 Å². The molecule has 0 heterocycles. The summed E-state index contributed by atoms with van der Waals surface area (Å²) in [5.74, 6) is 0. The fraction of sp³-hybridized carbons (Fsp3) is 0.0370. The highest BCUT2D eigenvalue weighted by molar-refractivity contribution is 5.99. The first-order valence-corrected chi connectivity index (χ1v) is 19.2. The maximum atomic E-state index is 2.48. The summed E-state index contributed by atoms with van der Waals surface area (Å²) in [5.41, 5.74) is 18.8. The number of anilines is 3. The molecule has 0 amide bonds. The summed E-state index contributed by atoms with van der Waals surface area (Å²) in [6.07, 6.45) is 0.943. The van der Waals surface area contributed by atoms with Crippen LogP contribution in [0.1, 0.15) is 33.4 Å². The smallest absolute Gasteiger partial charge is 0.0719 e. The number of fused-ring (bicyclic) bond motifs is 10. The molecule has 258 valence electrons. The van der Waals surface area contributed by atoms with E-state index in [9.17, 15) is 0 Å². The minimum atomic E-state index is -0.410. The van der Waals surface area contributed by atoms with Crippen LogP contribution in [0.2, 0.25) is 0 Å². The maximum Gasteiger partial charge on any atom is 0.0719 e. The first-order chi connectivity index (χ1) is 27.3. The van der Waals surface area contributed by atoms with Crippen LogP contribution in [0.25, 0.3) is 44.2 Å². The molecule has 0 aromatic heterocycles. The number of hydrogen-bond donors (Lipinski definition) is 0. The molecule has 55 heavy (non-hydrogen) atoms. The first-order valence-electron chi connectivity index (χ1n) is 19.2. The van der Waals surface area contributed by atoms with Gasteiger partial charge in [0, 0.05) is 17.1 Å². The minimum absolute atomic E-state index is 0.410. The van der Waals surface area contributed by atoms with Gasteiger partial charge in [-0.3, -0.25) is 0 Å². The molecule has 0 atom stereocenters. The van der Waals surface area contributed by atoms with E-state index in [1.165, 1.54) is 77.5 Å². The number of rotatable bonds is 5. The Balaban J connectivity index is 1.08. The topological polar surface area (TPSA) is 3.24 Å². The van der Waals surface area contributed by atoms with E-state index in [0.29, 0.717) is 0 Å². The molecule has 0 saturated carbocycles. The fourth-order valence-corrected chi connectivity index (χ4v) is 9.57. The summed E-state index contributed by atoms with van der Waals surface area (Å²) in [6, 6.07) is 78.5. The molecule has 2 aliphatic rings. The van der Waals surface area contributed by atoms with Crippen LogP contribution in [0.3, 0.4) is 0 Å².